The first-order valence-electron chi connectivity index (χ1n) is 22.4. The Kier molecular flexibility index (Phi) is 7.95. The Hall–Kier alpha value is -8.86. The standard InChI is InChI=1S/C62H36N4/c1-3-13-45-43(11-1)49-16-9-15-48-42(29-31-52(45)58(48)49)41-35-54(47-30-32-53-46-14-4-2-12-44(46)50-17-10-18-51(47)59(50)53)61-55(36-41)60(39-25-21-37(22-26-39)56-19-5-7-33-63-56)65-62(66-61)40-27-23-38(24-28-40)57-20-6-8-34-64-57/h1-36H. The van der Waals surface area contributed by atoms with Crippen LogP contribution in [0.3, 0.4) is 0 Å². The Morgan fingerprint density at radius 3 is 1.26 bits per heavy atom. The Morgan fingerprint density at radius 2 is 0.712 bits per heavy atom. The van der Waals surface area contributed by atoms with Gasteiger partial charge in [0.1, 0.15) is 0 Å². The van der Waals surface area contributed by atoms with E-state index < -0.39 is 0 Å². The molecule has 0 bridgehead atoms. The molecule has 0 spiro atoms. The lowest BCUT2D eigenvalue weighted by Gasteiger charge is -2.18. The van der Waals surface area contributed by atoms with E-state index in [4.69, 9.17) is 9.97 Å². The number of hydrogen-bond acceptors (Lipinski definition) is 4. The van der Waals surface area contributed by atoms with Gasteiger partial charge in [0.15, 0.2) is 5.82 Å². The van der Waals surface area contributed by atoms with Gasteiger partial charge in [0.2, 0.25) is 0 Å². The third-order valence-electron chi connectivity index (χ3n) is 13.7. The summed E-state index contributed by atoms with van der Waals surface area (Å²) in [4.78, 5) is 20.4. The highest BCUT2D eigenvalue weighted by atomic mass is 14.9. The van der Waals surface area contributed by atoms with Crippen molar-refractivity contribution in [3.05, 3.63) is 219 Å². The lowest BCUT2D eigenvalue weighted by molar-refractivity contribution is 1.23. The molecule has 0 fully saturated rings. The zero-order valence-corrected chi connectivity index (χ0v) is 35.6. The van der Waals surface area contributed by atoms with Crippen LogP contribution < -0.4 is 0 Å². The third-order valence-corrected chi connectivity index (χ3v) is 13.7. The van der Waals surface area contributed by atoms with E-state index in [1.165, 1.54) is 71.6 Å². The Labute approximate surface area is 381 Å². The first kappa shape index (κ1) is 36.6. The molecule has 14 rings (SSSR count). The molecule has 3 heterocycles. The van der Waals surface area contributed by atoms with E-state index in [2.05, 4.69) is 180 Å². The van der Waals surface area contributed by atoms with Crippen molar-refractivity contribution in [2.75, 3.05) is 0 Å². The normalized spacial score (nSPS) is 11.9. The molecular weight excluding hydrogens is 801 g/mol. The summed E-state index contributed by atoms with van der Waals surface area (Å²) in [5, 5.41) is 6.00. The molecule has 2 aliphatic carbocycles. The average Bonchev–Trinajstić information content (AvgIpc) is 3.90. The van der Waals surface area contributed by atoms with Crippen LogP contribution in [0.4, 0.5) is 0 Å². The van der Waals surface area contributed by atoms with Gasteiger partial charge < -0.3 is 0 Å². The molecule has 0 radical (unpaired) electrons. The van der Waals surface area contributed by atoms with Crippen molar-refractivity contribution in [1.29, 1.82) is 0 Å². The minimum atomic E-state index is 0.661. The minimum absolute atomic E-state index is 0.661. The summed E-state index contributed by atoms with van der Waals surface area (Å²) in [6.07, 6.45) is 3.67. The Balaban J connectivity index is 1.06. The number of rotatable bonds is 6. The van der Waals surface area contributed by atoms with Gasteiger partial charge in [0, 0.05) is 45.6 Å². The van der Waals surface area contributed by atoms with Gasteiger partial charge in [-0.15, -0.1) is 0 Å². The lowest BCUT2D eigenvalue weighted by atomic mass is 9.88. The van der Waals surface area contributed by atoms with E-state index in [1.54, 1.807) is 0 Å². The van der Waals surface area contributed by atoms with E-state index in [9.17, 15) is 0 Å². The maximum Gasteiger partial charge on any atom is 0.160 e. The molecule has 3 aromatic heterocycles. The number of aromatic nitrogens is 4. The molecule has 304 valence electrons. The van der Waals surface area contributed by atoms with E-state index in [0.717, 1.165) is 66.9 Å². The maximum absolute atomic E-state index is 5.61. The molecular formula is C62H36N4. The SMILES string of the molecule is c1ccc(-c2ccc(-c3nc(-c4ccc(-c5ccccn5)cc4)c4cc(-c5ccc6c7c(cccc57)-c5ccccc5-6)cc(-c5ccc6c7c(cccc57)-c5ccccc5-6)c4n3)cc2)nc1. The van der Waals surface area contributed by atoms with Gasteiger partial charge >= 0.3 is 0 Å². The number of hydrogen-bond donors (Lipinski definition) is 0. The Morgan fingerprint density at radius 1 is 0.258 bits per heavy atom. The monoisotopic (exact) mass is 836 g/mol. The molecule has 12 aromatic rings. The van der Waals surface area contributed by atoms with Crippen molar-refractivity contribution in [1.82, 2.24) is 19.9 Å². The smallest absolute Gasteiger partial charge is 0.160 e. The highest BCUT2D eigenvalue weighted by molar-refractivity contribution is 6.22. The number of fused-ring (bicyclic) bond motifs is 7. The summed E-state index contributed by atoms with van der Waals surface area (Å²) in [6.45, 7) is 0. The second-order valence-corrected chi connectivity index (χ2v) is 17.3. The van der Waals surface area contributed by atoms with Crippen LogP contribution in [0.15, 0.2) is 219 Å². The fourth-order valence-corrected chi connectivity index (χ4v) is 10.7. The van der Waals surface area contributed by atoms with Crippen molar-refractivity contribution < 1.29 is 0 Å². The van der Waals surface area contributed by atoms with Gasteiger partial charge in [-0.2, -0.15) is 0 Å². The van der Waals surface area contributed by atoms with Crippen molar-refractivity contribution in [3.63, 3.8) is 0 Å². The fourth-order valence-electron chi connectivity index (χ4n) is 10.7. The summed E-state index contributed by atoms with van der Waals surface area (Å²) in [5.41, 5.74) is 22.4. The number of pyridine rings is 2. The molecule has 0 unspecified atom stereocenters. The van der Waals surface area contributed by atoms with Gasteiger partial charge in [0.05, 0.1) is 22.6 Å². The first-order chi connectivity index (χ1) is 32.7. The zero-order valence-electron chi connectivity index (χ0n) is 35.6. The van der Waals surface area contributed by atoms with E-state index in [1.807, 2.05) is 48.8 Å². The fraction of sp³-hybridized carbons (Fsp3) is 0. The molecule has 0 amide bonds. The second kappa shape index (κ2) is 14.3. The molecule has 0 aliphatic heterocycles. The summed E-state index contributed by atoms with van der Waals surface area (Å²) in [7, 11) is 0. The van der Waals surface area contributed by atoms with Crippen LogP contribution in [0.1, 0.15) is 0 Å². The van der Waals surface area contributed by atoms with Crippen molar-refractivity contribution in [2.45, 2.75) is 0 Å². The van der Waals surface area contributed by atoms with Crippen molar-refractivity contribution in [2.24, 2.45) is 0 Å². The van der Waals surface area contributed by atoms with Crippen LogP contribution in [0.5, 0.6) is 0 Å². The van der Waals surface area contributed by atoms with Crippen LogP contribution in [-0.4, -0.2) is 19.9 Å². The highest BCUT2D eigenvalue weighted by Crippen LogP contribution is 2.52. The average molecular weight is 837 g/mol. The van der Waals surface area contributed by atoms with Gasteiger partial charge in [-0.3, -0.25) is 9.97 Å². The maximum atomic E-state index is 5.61. The molecule has 66 heavy (non-hydrogen) atoms. The molecule has 4 heteroatoms. The summed E-state index contributed by atoms with van der Waals surface area (Å²) in [6, 6.07) is 74.2. The van der Waals surface area contributed by atoms with Gasteiger partial charge in [-0.1, -0.05) is 170 Å². The van der Waals surface area contributed by atoms with E-state index >= 15 is 0 Å². The summed E-state index contributed by atoms with van der Waals surface area (Å²) >= 11 is 0. The van der Waals surface area contributed by atoms with E-state index in [-0.39, 0.29) is 0 Å². The van der Waals surface area contributed by atoms with Gasteiger partial charge in [0.25, 0.3) is 0 Å². The first-order valence-corrected chi connectivity index (χ1v) is 22.4. The number of benzene rings is 9. The Bertz CT molecular complexity index is 3890. The lowest BCUT2D eigenvalue weighted by Crippen LogP contribution is -1.99. The van der Waals surface area contributed by atoms with Crippen molar-refractivity contribution >= 4 is 32.4 Å². The predicted molar refractivity (Wildman–Crippen MR) is 272 cm³/mol. The molecule has 2 aliphatic rings. The largest absolute Gasteiger partial charge is 0.256 e. The highest BCUT2D eigenvalue weighted by Gasteiger charge is 2.26. The van der Waals surface area contributed by atoms with Crippen LogP contribution in [0, 0.1) is 0 Å². The minimum Gasteiger partial charge on any atom is -0.256 e. The molecule has 4 nitrogen and oxygen atoms in total. The van der Waals surface area contributed by atoms with Crippen molar-refractivity contribution in [3.8, 4) is 112 Å². The quantitative estimate of drug-likeness (QED) is 0.167. The molecule has 0 saturated heterocycles. The second-order valence-electron chi connectivity index (χ2n) is 17.3. The third kappa shape index (κ3) is 5.52. The molecule has 0 saturated carbocycles. The van der Waals surface area contributed by atoms with Crippen LogP contribution in [0.25, 0.3) is 144 Å². The van der Waals surface area contributed by atoms with Crippen LogP contribution in [0.2, 0.25) is 0 Å². The van der Waals surface area contributed by atoms with Crippen LogP contribution in [-0.2, 0) is 0 Å². The molecule has 0 atom stereocenters. The van der Waals surface area contributed by atoms with Crippen LogP contribution >= 0.6 is 0 Å². The topological polar surface area (TPSA) is 51.6 Å². The summed E-state index contributed by atoms with van der Waals surface area (Å²) < 4.78 is 0. The number of nitrogens with zero attached hydrogens (tertiary/aromatic N) is 4. The molecule has 0 N–H and O–H groups in total. The molecule has 9 aromatic carbocycles. The van der Waals surface area contributed by atoms with Gasteiger partial charge in [-0.05, 0) is 119 Å². The van der Waals surface area contributed by atoms with E-state index in [0.29, 0.717) is 5.82 Å². The zero-order chi connectivity index (χ0) is 43.3. The predicted octanol–water partition coefficient (Wildman–Crippen LogP) is 16.0. The van der Waals surface area contributed by atoms with Gasteiger partial charge in [-0.25, -0.2) is 9.97 Å². The summed E-state index contributed by atoms with van der Waals surface area (Å²) in [5.74, 6) is 0.661.